The number of anilines is 2. The molecule has 0 radical (unpaired) electrons. The van der Waals surface area contributed by atoms with E-state index >= 15 is 0 Å². The van der Waals surface area contributed by atoms with Crippen LogP contribution in [0.25, 0.3) is 5.69 Å². The van der Waals surface area contributed by atoms with Crippen LogP contribution in [0.4, 0.5) is 11.4 Å². The van der Waals surface area contributed by atoms with Gasteiger partial charge in [-0.05, 0) is 49.6 Å². The Kier molecular flexibility index (Phi) is 4.83. The van der Waals surface area contributed by atoms with E-state index in [0.29, 0.717) is 11.4 Å². The summed E-state index contributed by atoms with van der Waals surface area (Å²) < 4.78 is 27.3. The van der Waals surface area contributed by atoms with Crippen molar-refractivity contribution in [3.05, 3.63) is 65.5 Å². The van der Waals surface area contributed by atoms with Crippen molar-refractivity contribution in [2.24, 2.45) is 0 Å². The van der Waals surface area contributed by atoms with Crippen molar-refractivity contribution in [2.45, 2.75) is 25.7 Å². The maximum absolute atomic E-state index is 12.9. The Morgan fingerprint density at radius 2 is 1.86 bits per heavy atom. The van der Waals surface area contributed by atoms with E-state index in [1.54, 1.807) is 29.8 Å². The standard InChI is InChI=1S/C20H21N5O3S/c1-13-8-11-15(12-17(13)23-29(2,27)28)21-20(26)18-19(14-9-10-14)25(24-22-18)16-6-4-3-5-7-16/h3-8,11-12,14,23H,9-10H2,1-2H3,(H,21,26). The van der Waals surface area contributed by atoms with Gasteiger partial charge in [0.2, 0.25) is 10.0 Å². The predicted molar refractivity (Wildman–Crippen MR) is 111 cm³/mol. The minimum absolute atomic E-state index is 0.256. The number of aryl methyl sites for hydroxylation is 1. The molecule has 0 unspecified atom stereocenters. The zero-order valence-corrected chi connectivity index (χ0v) is 16.9. The van der Waals surface area contributed by atoms with Gasteiger partial charge >= 0.3 is 0 Å². The molecule has 1 fully saturated rings. The van der Waals surface area contributed by atoms with Crippen LogP contribution < -0.4 is 10.0 Å². The Bertz CT molecular complexity index is 1170. The van der Waals surface area contributed by atoms with Crippen molar-refractivity contribution in [1.82, 2.24) is 15.0 Å². The molecule has 3 aromatic rings. The largest absolute Gasteiger partial charge is 0.320 e. The fraction of sp³-hybridized carbons (Fsp3) is 0.250. The lowest BCUT2D eigenvalue weighted by Crippen LogP contribution is -2.16. The third kappa shape index (κ3) is 4.29. The molecule has 9 heteroatoms. The zero-order chi connectivity index (χ0) is 20.6. The summed E-state index contributed by atoms with van der Waals surface area (Å²) in [6, 6.07) is 14.6. The second-order valence-corrected chi connectivity index (χ2v) is 8.95. The number of nitrogens with zero attached hydrogens (tertiary/aromatic N) is 3. The normalized spacial score (nSPS) is 13.9. The molecule has 0 bridgehead atoms. The number of para-hydroxylation sites is 1. The number of amides is 1. The molecule has 0 atom stereocenters. The van der Waals surface area contributed by atoms with Gasteiger partial charge in [0.15, 0.2) is 5.69 Å². The van der Waals surface area contributed by atoms with E-state index in [4.69, 9.17) is 0 Å². The number of nitrogens with one attached hydrogen (secondary N) is 2. The fourth-order valence-electron chi connectivity index (χ4n) is 3.13. The number of hydrogen-bond donors (Lipinski definition) is 2. The van der Waals surface area contributed by atoms with Crippen LogP contribution in [-0.2, 0) is 10.0 Å². The molecule has 8 nitrogen and oxygen atoms in total. The van der Waals surface area contributed by atoms with E-state index in [1.165, 1.54) is 0 Å². The number of carbonyl (C=O) groups is 1. The molecule has 2 N–H and O–H groups in total. The summed E-state index contributed by atoms with van der Waals surface area (Å²) in [5.41, 5.74) is 3.59. The van der Waals surface area contributed by atoms with Crippen LogP contribution >= 0.6 is 0 Å². The maximum Gasteiger partial charge on any atom is 0.278 e. The molecule has 29 heavy (non-hydrogen) atoms. The van der Waals surface area contributed by atoms with E-state index in [2.05, 4.69) is 20.4 Å². The van der Waals surface area contributed by atoms with Gasteiger partial charge < -0.3 is 5.32 Å². The molecular weight excluding hydrogens is 390 g/mol. The number of carbonyl (C=O) groups excluding carboxylic acids is 1. The lowest BCUT2D eigenvalue weighted by Gasteiger charge is -2.11. The van der Waals surface area contributed by atoms with Crippen LogP contribution in [0.1, 0.15) is 40.5 Å². The van der Waals surface area contributed by atoms with Crippen LogP contribution in [0, 0.1) is 6.92 Å². The van der Waals surface area contributed by atoms with Crippen molar-refractivity contribution >= 4 is 27.3 Å². The number of benzene rings is 2. The quantitative estimate of drug-likeness (QED) is 0.648. The highest BCUT2D eigenvalue weighted by Gasteiger charge is 2.34. The molecule has 1 aliphatic rings. The van der Waals surface area contributed by atoms with Crippen molar-refractivity contribution in [2.75, 3.05) is 16.3 Å². The van der Waals surface area contributed by atoms with Crippen LogP contribution in [0.2, 0.25) is 0 Å². The van der Waals surface area contributed by atoms with Crippen LogP contribution in [0.3, 0.4) is 0 Å². The van der Waals surface area contributed by atoms with Gasteiger partial charge in [-0.25, -0.2) is 13.1 Å². The van der Waals surface area contributed by atoms with Crippen molar-refractivity contribution in [1.29, 1.82) is 0 Å². The van der Waals surface area contributed by atoms with Crippen molar-refractivity contribution in [3.8, 4) is 5.69 Å². The summed E-state index contributed by atoms with van der Waals surface area (Å²) in [4.78, 5) is 12.9. The van der Waals surface area contributed by atoms with Crippen LogP contribution in [0.15, 0.2) is 48.5 Å². The highest BCUT2D eigenvalue weighted by molar-refractivity contribution is 7.92. The molecule has 0 aliphatic heterocycles. The van der Waals surface area contributed by atoms with E-state index < -0.39 is 10.0 Å². The Morgan fingerprint density at radius 1 is 1.14 bits per heavy atom. The molecule has 1 aromatic heterocycles. The summed E-state index contributed by atoms with van der Waals surface area (Å²) in [6.45, 7) is 1.79. The average Bonchev–Trinajstić information content (AvgIpc) is 3.41. The first kappa shape index (κ1) is 19.1. The molecule has 4 rings (SSSR count). The Morgan fingerprint density at radius 3 is 2.52 bits per heavy atom. The van der Waals surface area contributed by atoms with E-state index in [1.807, 2.05) is 30.3 Å². The summed E-state index contributed by atoms with van der Waals surface area (Å²) in [5.74, 6) is -0.116. The number of aromatic nitrogens is 3. The van der Waals surface area contributed by atoms with Gasteiger partial charge in [-0.3, -0.25) is 9.52 Å². The minimum atomic E-state index is -3.42. The van der Waals surface area contributed by atoms with Gasteiger partial charge in [-0.15, -0.1) is 5.10 Å². The van der Waals surface area contributed by atoms with Gasteiger partial charge in [0.1, 0.15) is 0 Å². The van der Waals surface area contributed by atoms with Crippen LogP contribution in [0.5, 0.6) is 0 Å². The number of hydrogen-bond acceptors (Lipinski definition) is 5. The number of sulfonamides is 1. The fourth-order valence-corrected chi connectivity index (χ4v) is 3.75. The molecule has 1 amide bonds. The van der Waals surface area contributed by atoms with E-state index in [9.17, 15) is 13.2 Å². The highest BCUT2D eigenvalue weighted by atomic mass is 32.2. The highest BCUT2D eigenvalue weighted by Crippen LogP contribution is 2.42. The SMILES string of the molecule is Cc1ccc(NC(=O)c2nnn(-c3ccccc3)c2C2CC2)cc1NS(C)(=O)=O. The van der Waals surface area contributed by atoms with Gasteiger partial charge in [0.05, 0.1) is 23.3 Å². The third-order valence-electron chi connectivity index (χ3n) is 4.68. The molecule has 1 aliphatic carbocycles. The maximum atomic E-state index is 12.9. The zero-order valence-electron chi connectivity index (χ0n) is 16.1. The molecule has 2 aromatic carbocycles. The number of rotatable bonds is 6. The average molecular weight is 411 g/mol. The molecule has 1 saturated carbocycles. The molecule has 0 spiro atoms. The summed E-state index contributed by atoms with van der Waals surface area (Å²) in [7, 11) is -3.42. The third-order valence-corrected chi connectivity index (χ3v) is 5.27. The lowest BCUT2D eigenvalue weighted by atomic mass is 10.1. The topological polar surface area (TPSA) is 106 Å². The van der Waals surface area contributed by atoms with Gasteiger partial charge in [-0.2, -0.15) is 0 Å². The van der Waals surface area contributed by atoms with E-state index in [-0.39, 0.29) is 17.5 Å². The van der Waals surface area contributed by atoms with E-state index in [0.717, 1.165) is 36.0 Å². The molecule has 1 heterocycles. The first-order chi connectivity index (χ1) is 13.8. The smallest absolute Gasteiger partial charge is 0.278 e. The molecule has 0 saturated heterocycles. The summed E-state index contributed by atoms with van der Waals surface area (Å²) in [5, 5.41) is 11.2. The van der Waals surface area contributed by atoms with Gasteiger partial charge in [-0.1, -0.05) is 29.5 Å². The first-order valence-electron chi connectivity index (χ1n) is 9.22. The monoisotopic (exact) mass is 411 g/mol. The molecule has 150 valence electrons. The Labute approximate surface area is 169 Å². The summed E-state index contributed by atoms with van der Waals surface area (Å²) in [6.07, 6.45) is 3.07. The van der Waals surface area contributed by atoms with Gasteiger partial charge in [0.25, 0.3) is 5.91 Å². The molecular formula is C20H21N5O3S. The first-order valence-corrected chi connectivity index (χ1v) is 11.1. The minimum Gasteiger partial charge on any atom is -0.320 e. The second kappa shape index (κ2) is 7.32. The lowest BCUT2D eigenvalue weighted by molar-refractivity contribution is 0.102. The Balaban J connectivity index is 1.63. The van der Waals surface area contributed by atoms with Crippen molar-refractivity contribution < 1.29 is 13.2 Å². The second-order valence-electron chi connectivity index (χ2n) is 7.20. The van der Waals surface area contributed by atoms with Crippen molar-refractivity contribution in [3.63, 3.8) is 0 Å². The predicted octanol–water partition coefficient (Wildman–Crippen LogP) is 3.08. The summed E-state index contributed by atoms with van der Waals surface area (Å²) >= 11 is 0. The van der Waals surface area contributed by atoms with Gasteiger partial charge in [0, 0.05) is 11.6 Å². The Hall–Kier alpha value is -3.20. The van der Waals surface area contributed by atoms with Crippen LogP contribution in [-0.4, -0.2) is 35.6 Å².